The van der Waals surface area contributed by atoms with E-state index in [4.69, 9.17) is 9.47 Å². The molecule has 6 heteroatoms. The van der Waals surface area contributed by atoms with E-state index in [9.17, 15) is 9.59 Å². The summed E-state index contributed by atoms with van der Waals surface area (Å²) >= 11 is 0. The van der Waals surface area contributed by atoms with E-state index in [-0.39, 0.29) is 0 Å². The van der Waals surface area contributed by atoms with E-state index in [1.54, 1.807) is 24.3 Å². The van der Waals surface area contributed by atoms with E-state index in [0.29, 0.717) is 35.9 Å². The minimum atomic E-state index is -0.495. The molecule has 1 aromatic carbocycles. The van der Waals surface area contributed by atoms with Gasteiger partial charge < -0.3 is 18.9 Å². The van der Waals surface area contributed by atoms with Gasteiger partial charge in [0.15, 0.2) is 11.5 Å². The van der Waals surface area contributed by atoms with Crippen molar-refractivity contribution in [3.63, 3.8) is 0 Å². The molecule has 1 rings (SSSR count). The molecule has 0 saturated heterocycles. The Kier molecular flexibility index (Phi) is 8.11. The first kappa shape index (κ1) is 19.3. The lowest BCUT2D eigenvalue weighted by Crippen LogP contribution is -2.04. The Morgan fingerprint density at radius 3 is 1.50 bits per heavy atom. The monoisotopic (exact) mass is 334 g/mol. The second-order valence-corrected chi connectivity index (χ2v) is 4.63. The van der Waals surface area contributed by atoms with Crippen LogP contribution in [0, 0.1) is 0 Å². The molecule has 1 aromatic rings. The van der Waals surface area contributed by atoms with Gasteiger partial charge in [-0.3, -0.25) is 0 Å². The van der Waals surface area contributed by atoms with Crippen LogP contribution in [0.1, 0.15) is 26.7 Å². The molecule has 0 N–H and O–H groups in total. The Bertz CT molecular complexity index is 575. The molecule has 0 radical (unpaired) electrons. The molecule has 6 nitrogen and oxygen atoms in total. The van der Waals surface area contributed by atoms with Crippen LogP contribution in [0.25, 0.3) is 0 Å². The van der Waals surface area contributed by atoms with Crippen molar-refractivity contribution in [3.8, 4) is 11.5 Å². The average molecular weight is 334 g/mol. The Morgan fingerprint density at radius 2 is 1.21 bits per heavy atom. The summed E-state index contributed by atoms with van der Waals surface area (Å²) < 4.78 is 20.7. The van der Waals surface area contributed by atoms with E-state index in [0.717, 1.165) is 0 Å². The normalized spacial score (nSPS) is 11.7. The van der Waals surface area contributed by atoms with E-state index in [1.807, 2.05) is 13.8 Å². The third-order valence-corrected chi connectivity index (χ3v) is 2.99. The van der Waals surface area contributed by atoms with Crippen LogP contribution in [0.4, 0.5) is 0 Å². The van der Waals surface area contributed by atoms with Gasteiger partial charge in [-0.2, -0.15) is 0 Å². The molecule has 0 aliphatic heterocycles. The molecule has 0 unspecified atom stereocenters. The highest BCUT2D eigenvalue weighted by Gasteiger charge is 2.11. The van der Waals surface area contributed by atoms with Gasteiger partial charge in [0.05, 0.1) is 26.4 Å². The van der Waals surface area contributed by atoms with E-state index in [1.165, 1.54) is 26.4 Å². The second-order valence-electron chi connectivity index (χ2n) is 4.63. The van der Waals surface area contributed by atoms with E-state index in [2.05, 4.69) is 9.47 Å². The Morgan fingerprint density at radius 1 is 0.833 bits per heavy atom. The number of hydrogen-bond donors (Lipinski definition) is 0. The molecule has 0 aromatic heterocycles. The Hall–Kier alpha value is -2.76. The molecule has 0 aliphatic carbocycles. The zero-order valence-electron chi connectivity index (χ0n) is 14.3. The summed E-state index contributed by atoms with van der Waals surface area (Å²) in [6, 6.07) is 6.98. The van der Waals surface area contributed by atoms with Gasteiger partial charge in [-0.25, -0.2) is 9.59 Å². The largest absolute Gasteiger partial charge is 0.466 e. The number of benzene rings is 1. The summed E-state index contributed by atoms with van der Waals surface area (Å²) in [5, 5.41) is 0. The molecule has 0 spiro atoms. The van der Waals surface area contributed by atoms with Gasteiger partial charge in [0.25, 0.3) is 0 Å². The maximum atomic E-state index is 11.4. The highest BCUT2D eigenvalue weighted by atomic mass is 16.5. The SMILES string of the molecule is CC/C(=C\C(=O)OC)Oc1ccccc1O/C(=C/C(=O)OC)CC. The van der Waals surface area contributed by atoms with Crippen molar-refractivity contribution in [1.82, 2.24) is 0 Å². The van der Waals surface area contributed by atoms with Crippen molar-refractivity contribution in [3.05, 3.63) is 47.9 Å². The van der Waals surface area contributed by atoms with Crippen molar-refractivity contribution in [2.24, 2.45) is 0 Å². The molecule has 0 atom stereocenters. The standard InChI is InChI=1S/C18H22O6/c1-5-13(11-17(19)21-3)23-15-9-7-8-10-16(15)24-14(6-2)12-18(20)22-4/h7-12H,5-6H2,1-4H3/b13-11+,14-12+. The van der Waals surface area contributed by atoms with Gasteiger partial charge in [-0.15, -0.1) is 0 Å². The predicted octanol–water partition coefficient (Wildman–Crippen LogP) is 3.38. The third-order valence-electron chi connectivity index (χ3n) is 2.99. The summed E-state index contributed by atoms with van der Waals surface area (Å²) in [5.74, 6) is 0.744. The predicted molar refractivity (Wildman–Crippen MR) is 88.5 cm³/mol. The smallest absolute Gasteiger partial charge is 0.333 e. The van der Waals surface area contributed by atoms with E-state index < -0.39 is 11.9 Å². The van der Waals surface area contributed by atoms with Crippen LogP contribution in [0.5, 0.6) is 11.5 Å². The van der Waals surface area contributed by atoms with Crippen LogP contribution in [0.2, 0.25) is 0 Å². The van der Waals surface area contributed by atoms with Crippen molar-refractivity contribution in [1.29, 1.82) is 0 Å². The summed E-state index contributed by atoms with van der Waals surface area (Å²) in [7, 11) is 2.60. The molecule has 0 bridgehead atoms. The third kappa shape index (κ3) is 6.16. The van der Waals surface area contributed by atoms with Gasteiger partial charge in [0.1, 0.15) is 11.5 Å². The number of ether oxygens (including phenoxy) is 4. The minimum Gasteiger partial charge on any atom is -0.466 e. The quantitative estimate of drug-likeness (QED) is 0.412. The Labute approximate surface area is 141 Å². The number of para-hydroxylation sites is 2. The van der Waals surface area contributed by atoms with Crippen LogP contribution in [0.3, 0.4) is 0 Å². The van der Waals surface area contributed by atoms with Crippen molar-refractivity contribution in [2.45, 2.75) is 26.7 Å². The molecule has 0 heterocycles. The fraction of sp³-hybridized carbons (Fsp3) is 0.333. The summed E-state index contributed by atoms with van der Waals surface area (Å²) in [6.45, 7) is 3.71. The van der Waals surface area contributed by atoms with Crippen LogP contribution in [0.15, 0.2) is 47.9 Å². The number of methoxy groups -OCH3 is 2. The zero-order chi connectivity index (χ0) is 17.9. The lowest BCUT2D eigenvalue weighted by Gasteiger charge is -2.14. The minimum absolute atomic E-state index is 0.429. The maximum absolute atomic E-state index is 11.4. The second kappa shape index (κ2) is 10.1. The molecule has 0 aliphatic rings. The molecule has 0 amide bonds. The van der Waals surface area contributed by atoms with Crippen molar-refractivity contribution < 1.29 is 28.5 Å². The number of esters is 2. The van der Waals surface area contributed by atoms with Gasteiger partial charge in [-0.1, -0.05) is 26.0 Å². The number of allylic oxidation sites excluding steroid dienone is 2. The summed E-state index contributed by atoms with van der Waals surface area (Å²) in [5.41, 5.74) is 0. The average Bonchev–Trinajstić information content (AvgIpc) is 2.61. The number of carbonyl (C=O) groups excluding carboxylic acids is 2. The first-order valence-corrected chi connectivity index (χ1v) is 7.55. The lowest BCUT2D eigenvalue weighted by atomic mass is 10.3. The molecular weight excluding hydrogens is 312 g/mol. The highest BCUT2D eigenvalue weighted by Crippen LogP contribution is 2.30. The van der Waals surface area contributed by atoms with Crippen LogP contribution >= 0.6 is 0 Å². The molecule has 130 valence electrons. The molecule has 0 saturated carbocycles. The lowest BCUT2D eigenvalue weighted by molar-refractivity contribution is -0.135. The fourth-order valence-electron chi connectivity index (χ4n) is 1.69. The van der Waals surface area contributed by atoms with Crippen LogP contribution < -0.4 is 9.47 Å². The van der Waals surface area contributed by atoms with Crippen LogP contribution in [-0.4, -0.2) is 26.2 Å². The van der Waals surface area contributed by atoms with Crippen molar-refractivity contribution >= 4 is 11.9 Å². The maximum Gasteiger partial charge on any atom is 0.333 e. The summed E-state index contributed by atoms with van der Waals surface area (Å²) in [4.78, 5) is 22.7. The molecular formula is C18H22O6. The van der Waals surface area contributed by atoms with E-state index >= 15 is 0 Å². The topological polar surface area (TPSA) is 71.1 Å². The van der Waals surface area contributed by atoms with Gasteiger partial charge in [0.2, 0.25) is 0 Å². The summed E-state index contributed by atoms with van der Waals surface area (Å²) in [6.07, 6.45) is 3.56. The first-order chi connectivity index (χ1) is 11.5. The fourth-order valence-corrected chi connectivity index (χ4v) is 1.69. The molecule has 24 heavy (non-hydrogen) atoms. The molecule has 0 fully saturated rings. The number of hydrogen-bond acceptors (Lipinski definition) is 6. The Balaban J connectivity index is 3.03. The number of rotatable bonds is 8. The van der Waals surface area contributed by atoms with Crippen molar-refractivity contribution in [2.75, 3.05) is 14.2 Å². The van der Waals surface area contributed by atoms with Crippen LogP contribution in [-0.2, 0) is 19.1 Å². The first-order valence-electron chi connectivity index (χ1n) is 7.55. The van der Waals surface area contributed by atoms with Gasteiger partial charge >= 0.3 is 11.9 Å². The van der Waals surface area contributed by atoms with Gasteiger partial charge in [-0.05, 0) is 12.1 Å². The van der Waals surface area contributed by atoms with Gasteiger partial charge in [0, 0.05) is 12.8 Å². The zero-order valence-corrected chi connectivity index (χ0v) is 14.3. The highest BCUT2D eigenvalue weighted by molar-refractivity contribution is 5.82. The number of carbonyl (C=O) groups is 2.